The van der Waals surface area contributed by atoms with E-state index in [1.807, 2.05) is 0 Å². The number of nitrogens with zero attached hydrogens (tertiary/aromatic N) is 1. The van der Waals surface area contributed by atoms with Crippen LogP contribution in [0.25, 0.3) is 0 Å². The largest absolute Gasteiger partial charge is 0.467 e. The quantitative estimate of drug-likeness (QED) is 0.843. The maximum Gasteiger partial charge on any atom is 0.341 e. The van der Waals surface area contributed by atoms with E-state index in [4.69, 9.17) is 0 Å². The van der Waals surface area contributed by atoms with E-state index in [2.05, 4.69) is 41.6 Å². The van der Waals surface area contributed by atoms with Gasteiger partial charge in [0.15, 0.2) is 6.10 Å². The van der Waals surface area contributed by atoms with Gasteiger partial charge in [0, 0.05) is 15.1 Å². The van der Waals surface area contributed by atoms with Gasteiger partial charge in [-0.3, -0.25) is 4.98 Å². The van der Waals surface area contributed by atoms with E-state index in [1.54, 1.807) is 6.07 Å². The molecule has 0 aromatic carbocycles. The number of pyridine rings is 1. The number of ether oxygens (including phenoxy) is 1. The van der Waals surface area contributed by atoms with E-state index in [0.717, 1.165) is 4.47 Å². The molecule has 0 saturated heterocycles. The van der Waals surface area contributed by atoms with Crippen molar-refractivity contribution in [3.8, 4) is 0 Å². The van der Waals surface area contributed by atoms with Gasteiger partial charge in [0.05, 0.1) is 12.8 Å². The van der Waals surface area contributed by atoms with E-state index in [-0.39, 0.29) is 5.69 Å². The molecule has 1 unspecified atom stereocenters. The lowest BCUT2D eigenvalue weighted by Gasteiger charge is -2.09. The molecule has 0 aliphatic carbocycles. The minimum Gasteiger partial charge on any atom is -0.467 e. The van der Waals surface area contributed by atoms with Gasteiger partial charge >= 0.3 is 5.97 Å². The summed E-state index contributed by atoms with van der Waals surface area (Å²) in [7, 11) is 1.21. The Bertz CT molecular complexity index is 356. The summed E-state index contributed by atoms with van der Waals surface area (Å²) in [5.41, 5.74) is 0.236. The van der Waals surface area contributed by atoms with E-state index in [1.165, 1.54) is 13.3 Å². The number of rotatable bonds is 2. The van der Waals surface area contributed by atoms with E-state index >= 15 is 0 Å². The number of aliphatic hydroxyl groups excluding tert-OH is 1. The molecule has 1 rings (SSSR count). The molecule has 0 bridgehead atoms. The molecule has 1 heterocycles. The molecular weight excluding hydrogens is 318 g/mol. The molecule has 0 saturated carbocycles. The van der Waals surface area contributed by atoms with Crippen molar-refractivity contribution in [2.45, 2.75) is 6.10 Å². The average Bonchev–Trinajstić information content (AvgIpc) is 2.15. The Labute approximate surface area is 97.6 Å². The molecule has 0 radical (unpaired) electrons. The molecule has 1 atom stereocenters. The highest BCUT2D eigenvalue weighted by atomic mass is 79.9. The molecule has 0 fully saturated rings. The lowest BCUT2D eigenvalue weighted by molar-refractivity contribution is -0.151. The zero-order valence-corrected chi connectivity index (χ0v) is 10.4. The zero-order chi connectivity index (χ0) is 10.7. The van der Waals surface area contributed by atoms with Crippen LogP contribution in [0.15, 0.2) is 21.2 Å². The molecule has 76 valence electrons. The van der Waals surface area contributed by atoms with Crippen molar-refractivity contribution in [2.75, 3.05) is 7.11 Å². The molecule has 0 aliphatic rings. The van der Waals surface area contributed by atoms with Gasteiger partial charge in [0.1, 0.15) is 0 Å². The molecular formula is C8H7Br2NO3. The van der Waals surface area contributed by atoms with Gasteiger partial charge in [0.2, 0.25) is 0 Å². The second-order valence-electron chi connectivity index (χ2n) is 2.45. The molecule has 0 spiro atoms. The third-order valence-electron chi connectivity index (χ3n) is 1.52. The van der Waals surface area contributed by atoms with Gasteiger partial charge in [0.25, 0.3) is 0 Å². The summed E-state index contributed by atoms with van der Waals surface area (Å²) in [6.45, 7) is 0. The Morgan fingerprint density at radius 1 is 1.64 bits per heavy atom. The predicted molar refractivity (Wildman–Crippen MR) is 56.6 cm³/mol. The Morgan fingerprint density at radius 3 is 2.79 bits per heavy atom. The van der Waals surface area contributed by atoms with Gasteiger partial charge in [-0.05, 0) is 37.9 Å². The summed E-state index contributed by atoms with van der Waals surface area (Å²) in [4.78, 5) is 14.9. The summed E-state index contributed by atoms with van der Waals surface area (Å²) >= 11 is 6.39. The second-order valence-corrected chi connectivity index (χ2v) is 4.22. The second kappa shape index (κ2) is 4.86. The predicted octanol–water partition coefficient (Wildman–Crippen LogP) is 1.81. The van der Waals surface area contributed by atoms with Crippen LogP contribution in [0.2, 0.25) is 0 Å². The maximum atomic E-state index is 11.0. The monoisotopic (exact) mass is 323 g/mol. The lowest BCUT2D eigenvalue weighted by Crippen LogP contribution is -2.15. The normalized spacial score (nSPS) is 12.3. The molecule has 4 nitrogen and oxygen atoms in total. The fraction of sp³-hybridized carbons (Fsp3) is 0.250. The van der Waals surface area contributed by atoms with E-state index in [9.17, 15) is 9.90 Å². The first-order valence-electron chi connectivity index (χ1n) is 3.63. The Balaban J connectivity index is 3.01. The van der Waals surface area contributed by atoms with Crippen LogP contribution in [-0.4, -0.2) is 23.2 Å². The molecule has 0 aliphatic heterocycles. The molecule has 0 amide bonds. The number of carbonyl (C=O) groups is 1. The fourth-order valence-electron chi connectivity index (χ4n) is 0.850. The van der Waals surface area contributed by atoms with Crippen LogP contribution in [0.3, 0.4) is 0 Å². The van der Waals surface area contributed by atoms with Crippen molar-refractivity contribution in [3.63, 3.8) is 0 Å². The standard InChI is InChI=1S/C8H7Br2NO3/c1-14-8(13)7(12)6-5(10)2-4(9)3-11-6/h2-3,7,12H,1H3. The first kappa shape index (κ1) is 11.6. The smallest absolute Gasteiger partial charge is 0.341 e. The van der Waals surface area contributed by atoms with Crippen molar-refractivity contribution in [3.05, 3.63) is 26.9 Å². The highest BCUT2D eigenvalue weighted by Crippen LogP contribution is 2.24. The number of methoxy groups -OCH3 is 1. The molecule has 1 aromatic rings. The molecule has 6 heteroatoms. The average molecular weight is 325 g/mol. The minimum atomic E-state index is -1.36. The highest BCUT2D eigenvalue weighted by molar-refractivity contribution is 9.11. The van der Waals surface area contributed by atoms with Gasteiger partial charge in [-0.2, -0.15) is 0 Å². The number of aromatic nitrogens is 1. The fourth-order valence-corrected chi connectivity index (χ4v) is 2.05. The summed E-state index contributed by atoms with van der Waals surface area (Å²) in [6, 6.07) is 1.69. The van der Waals surface area contributed by atoms with Crippen molar-refractivity contribution in [2.24, 2.45) is 0 Å². The number of carbonyl (C=O) groups excluding carboxylic acids is 1. The molecule has 14 heavy (non-hydrogen) atoms. The Hall–Kier alpha value is -0.460. The topological polar surface area (TPSA) is 59.4 Å². The first-order valence-corrected chi connectivity index (χ1v) is 5.21. The van der Waals surface area contributed by atoms with Crippen LogP contribution in [0.1, 0.15) is 11.8 Å². The SMILES string of the molecule is COC(=O)C(O)c1ncc(Br)cc1Br. The zero-order valence-electron chi connectivity index (χ0n) is 7.20. The number of hydrogen-bond acceptors (Lipinski definition) is 4. The van der Waals surface area contributed by atoms with Crippen LogP contribution in [0.4, 0.5) is 0 Å². The number of halogens is 2. The van der Waals surface area contributed by atoms with Crippen LogP contribution in [0, 0.1) is 0 Å². The van der Waals surface area contributed by atoms with E-state index in [0.29, 0.717) is 4.47 Å². The van der Waals surface area contributed by atoms with Gasteiger partial charge in [-0.15, -0.1) is 0 Å². The summed E-state index contributed by atoms with van der Waals surface area (Å²) in [5.74, 6) is -0.736. The highest BCUT2D eigenvalue weighted by Gasteiger charge is 2.21. The Morgan fingerprint density at radius 2 is 2.29 bits per heavy atom. The maximum absolute atomic E-state index is 11.0. The van der Waals surface area contributed by atoms with Crippen LogP contribution in [0.5, 0.6) is 0 Å². The van der Waals surface area contributed by atoms with Crippen LogP contribution >= 0.6 is 31.9 Å². The van der Waals surface area contributed by atoms with Crippen molar-refractivity contribution in [1.82, 2.24) is 4.98 Å². The van der Waals surface area contributed by atoms with Gasteiger partial charge in [-0.1, -0.05) is 0 Å². The third kappa shape index (κ3) is 2.52. The van der Waals surface area contributed by atoms with Gasteiger partial charge < -0.3 is 9.84 Å². The Kier molecular flexibility index (Phi) is 4.03. The number of aliphatic hydroxyl groups is 1. The van der Waals surface area contributed by atoms with Crippen molar-refractivity contribution in [1.29, 1.82) is 0 Å². The number of hydrogen-bond donors (Lipinski definition) is 1. The number of esters is 1. The van der Waals surface area contributed by atoms with Crippen LogP contribution in [-0.2, 0) is 9.53 Å². The first-order chi connectivity index (χ1) is 6.56. The summed E-state index contributed by atoms with van der Waals surface area (Å²) < 4.78 is 5.69. The van der Waals surface area contributed by atoms with Crippen molar-refractivity contribution < 1.29 is 14.6 Å². The minimum absolute atomic E-state index is 0.236. The molecule has 1 aromatic heterocycles. The lowest BCUT2D eigenvalue weighted by atomic mass is 10.2. The summed E-state index contributed by atoms with van der Waals surface area (Å²) in [6.07, 6.45) is 0.133. The van der Waals surface area contributed by atoms with Gasteiger partial charge in [-0.25, -0.2) is 4.79 Å². The summed E-state index contributed by atoms with van der Waals surface area (Å²) in [5, 5.41) is 9.48. The van der Waals surface area contributed by atoms with Crippen molar-refractivity contribution >= 4 is 37.8 Å². The van der Waals surface area contributed by atoms with Crippen LogP contribution < -0.4 is 0 Å². The van der Waals surface area contributed by atoms with E-state index < -0.39 is 12.1 Å². The third-order valence-corrected chi connectivity index (χ3v) is 2.59. The molecule has 1 N–H and O–H groups in total.